The van der Waals surface area contributed by atoms with Gasteiger partial charge in [-0.3, -0.25) is 4.79 Å². The Balaban J connectivity index is 1.97. The molecule has 0 unspecified atom stereocenters. The number of carbonyl (C=O) groups is 1. The lowest BCUT2D eigenvalue weighted by Crippen LogP contribution is -2.15. The summed E-state index contributed by atoms with van der Waals surface area (Å²) in [5, 5.41) is 3.47. The number of nitrogens with one attached hydrogen (secondary N) is 1. The van der Waals surface area contributed by atoms with Crippen LogP contribution in [0.5, 0.6) is 0 Å². The van der Waals surface area contributed by atoms with Gasteiger partial charge in [-0.2, -0.15) is 0 Å². The Morgan fingerprint density at radius 1 is 0.833 bits per heavy atom. The molecule has 0 aliphatic rings. The zero-order chi connectivity index (χ0) is 16.9. The van der Waals surface area contributed by atoms with Crippen molar-refractivity contribution in [3.8, 4) is 0 Å². The first-order valence-electron chi connectivity index (χ1n) is 7.71. The van der Waals surface area contributed by atoms with Gasteiger partial charge in [-0.15, -0.1) is 0 Å². The minimum Gasteiger partial charge on any atom is -0.397 e. The van der Waals surface area contributed by atoms with Crippen molar-refractivity contribution in [1.82, 2.24) is 0 Å². The number of benzene rings is 3. The van der Waals surface area contributed by atoms with Gasteiger partial charge in [0.2, 0.25) is 5.91 Å². The van der Waals surface area contributed by atoms with Gasteiger partial charge in [0.05, 0.1) is 17.4 Å². The van der Waals surface area contributed by atoms with Crippen molar-refractivity contribution in [2.24, 2.45) is 5.73 Å². The van der Waals surface area contributed by atoms with E-state index in [-0.39, 0.29) is 6.04 Å². The topological polar surface area (TPSA) is 81.1 Å². The number of nitrogen functional groups attached to an aromatic ring is 1. The predicted octanol–water partition coefficient (Wildman–Crippen LogP) is 3.57. The molecule has 0 saturated carbocycles. The summed E-state index contributed by atoms with van der Waals surface area (Å²) in [6.45, 7) is 0. The molecule has 4 nitrogen and oxygen atoms in total. The highest BCUT2D eigenvalue weighted by atomic mass is 16.1. The maximum absolute atomic E-state index is 11.3. The highest BCUT2D eigenvalue weighted by Crippen LogP contribution is 2.29. The normalized spacial score (nSPS) is 10.5. The molecule has 0 bridgehead atoms. The Morgan fingerprint density at radius 3 is 1.83 bits per heavy atom. The Labute approximate surface area is 141 Å². The second kappa shape index (κ2) is 6.87. The second-order valence-corrected chi connectivity index (χ2v) is 5.56. The average molecular weight is 317 g/mol. The third kappa shape index (κ3) is 3.38. The van der Waals surface area contributed by atoms with Crippen molar-refractivity contribution >= 4 is 17.3 Å². The molecule has 0 atom stereocenters. The Kier molecular flexibility index (Phi) is 4.47. The summed E-state index contributed by atoms with van der Waals surface area (Å²) in [6, 6.07) is 25.3. The van der Waals surface area contributed by atoms with E-state index in [1.807, 2.05) is 36.4 Å². The molecule has 120 valence electrons. The van der Waals surface area contributed by atoms with Crippen molar-refractivity contribution in [3.63, 3.8) is 0 Å². The van der Waals surface area contributed by atoms with Gasteiger partial charge in [0.15, 0.2) is 0 Å². The molecule has 0 saturated heterocycles. The van der Waals surface area contributed by atoms with Crippen LogP contribution in [0.4, 0.5) is 11.4 Å². The van der Waals surface area contributed by atoms with Gasteiger partial charge in [0.25, 0.3) is 0 Å². The summed E-state index contributed by atoms with van der Waals surface area (Å²) in [6.07, 6.45) is 0. The fourth-order valence-electron chi connectivity index (χ4n) is 2.65. The van der Waals surface area contributed by atoms with Gasteiger partial charge in [-0.05, 0) is 29.3 Å². The molecule has 0 fully saturated rings. The summed E-state index contributed by atoms with van der Waals surface area (Å²) < 4.78 is 0. The first-order chi connectivity index (χ1) is 11.6. The van der Waals surface area contributed by atoms with Gasteiger partial charge >= 0.3 is 0 Å². The number of hydrogen-bond acceptors (Lipinski definition) is 3. The maximum Gasteiger partial charge on any atom is 0.248 e. The van der Waals surface area contributed by atoms with E-state index < -0.39 is 5.91 Å². The Bertz CT molecular complexity index is 793. The van der Waals surface area contributed by atoms with Gasteiger partial charge < -0.3 is 16.8 Å². The maximum atomic E-state index is 11.3. The van der Waals surface area contributed by atoms with Gasteiger partial charge in [0.1, 0.15) is 0 Å². The van der Waals surface area contributed by atoms with E-state index in [9.17, 15) is 4.79 Å². The van der Waals surface area contributed by atoms with Crippen LogP contribution >= 0.6 is 0 Å². The molecule has 24 heavy (non-hydrogen) atoms. The standard InChI is InChI=1S/C20H19N3O/c21-17-13-16(20(22)24)11-12-18(17)23-19(14-7-3-1-4-8-14)15-9-5-2-6-10-15/h1-13,19,23H,21H2,(H2,22,24). The second-order valence-electron chi connectivity index (χ2n) is 5.56. The van der Waals surface area contributed by atoms with E-state index >= 15 is 0 Å². The molecule has 0 spiro atoms. The molecule has 0 aliphatic carbocycles. The molecule has 0 aliphatic heterocycles. The van der Waals surface area contributed by atoms with E-state index in [4.69, 9.17) is 11.5 Å². The summed E-state index contributed by atoms with van der Waals surface area (Å²) >= 11 is 0. The Hall–Kier alpha value is -3.27. The smallest absolute Gasteiger partial charge is 0.248 e. The molecule has 3 rings (SSSR count). The predicted molar refractivity (Wildman–Crippen MR) is 97.7 cm³/mol. The number of hydrogen-bond donors (Lipinski definition) is 3. The van der Waals surface area contributed by atoms with Crippen LogP contribution in [0, 0.1) is 0 Å². The number of amides is 1. The van der Waals surface area contributed by atoms with Crippen molar-refractivity contribution in [3.05, 3.63) is 95.6 Å². The molecule has 5 N–H and O–H groups in total. The van der Waals surface area contributed by atoms with Gasteiger partial charge in [-0.1, -0.05) is 60.7 Å². The van der Waals surface area contributed by atoms with Crippen LogP contribution in [0.1, 0.15) is 27.5 Å². The molecule has 3 aromatic rings. The summed E-state index contributed by atoms with van der Waals surface area (Å²) in [4.78, 5) is 11.3. The molecule has 1 amide bonds. The summed E-state index contributed by atoms with van der Waals surface area (Å²) in [5.74, 6) is -0.490. The van der Waals surface area contributed by atoms with Crippen molar-refractivity contribution in [1.29, 1.82) is 0 Å². The first kappa shape index (κ1) is 15.6. The first-order valence-corrected chi connectivity index (χ1v) is 7.71. The largest absolute Gasteiger partial charge is 0.397 e. The molecule has 0 aromatic heterocycles. The van der Waals surface area contributed by atoms with Gasteiger partial charge in [-0.25, -0.2) is 0 Å². The number of rotatable bonds is 5. The lowest BCUT2D eigenvalue weighted by molar-refractivity contribution is 0.100. The average Bonchev–Trinajstić information content (AvgIpc) is 2.62. The van der Waals surface area contributed by atoms with E-state index in [2.05, 4.69) is 29.6 Å². The van der Waals surface area contributed by atoms with Crippen LogP contribution in [-0.2, 0) is 0 Å². The summed E-state index contributed by atoms with van der Waals surface area (Å²) in [5.41, 5.74) is 15.3. The monoisotopic (exact) mass is 317 g/mol. The minimum atomic E-state index is -0.490. The van der Waals surface area contributed by atoms with Crippen molar-refractivity contribution < 1.29 is 4.79 Å². The van der Waals surface area contributed by atoms with E-state index in [0.717, 1.165) is 16.8 Å². The van der Waals surface area contributed by atoms with E-state index in [0.29, 0.717) is 11.3 Å². The molecule has 0 radical (unpaired) electrons. The molecular weight excluding hydrogens is 298 g/mol. The van der Waals surface area contributed by atoms with Crippen LogP contribution in [0.3, 0.4) is 0 Å². The zero-order valence-corrected chi connectivity index (χ0v) is 13.1. The molecular formula is C20H19N3O. The van der Waals surface area contributed by atoms with E-state index in [1.54, 1.807) is 18.2 Å². The molecule has 0 heterocycles. The SMILES string of the molecule is NC(=O)c1ccc(NC(c2ccccc2)c2ccccc2)c(N)c1. The van der Waals surface area contributed by atoms with Crippen LogP contribution in [0.15, 0.2) is 78.9 Å². The zero-order valence-electron chi connectivity index (χ0n) is 13.1. The third-order valence-corrected chi connectivity index (χ3v) is 3.90. The van der Waals surface area contributed by atoms with Crippen LogP contribution in [0.25, 0.3) is 0 Å². The minimum absolute atomic E-state index is 0.0471. The molecule has 3 aromatic carbocycles. The number of carbonyl (C=O) groups excluding carboxylic acids is 1. The summed E-state index contributed by atoms with van der Waals surface area (Å²) in [7, 11) is 0. The quantitative estimate of drug-likeness (QED) is 0.629. The lowest BCUT2D eigenvalue weighted by Gasteiger charge is -2.22. The van der Waals surface area contributed by atoms with Crippen molar-refractivity contribution in [2.45, 2.75) is 6.04 Å². The number of anilines is 2. The molecule has 4 heteroatoms. The third-order valence-electron chi connectivity index (χ3n) is 3.90. The highest BCUT2D eigenvalue weighted by Gasteiger charge is 2.15. The van der Waals surface area contributed by atoms with Crippen molar-refractivity contribution in [2.75, 3.05) is 11.1 Å². The van der Waals surface area contributed by atoms with Crippen LogP contribution < -0.4 is 16.8 Å². The van der Waals surface area contributed by atoms with E-state index in [1.165, 1.54) is 0 Å². The van der Waals surface area contributed by atoms with Gasteiger partial charge in [0, 0.05) is 5.56 Å². The fraction of sp³-hybridized carbons (Fsp3) is 0.0500. The number of primary amides is 1. The number of nitrogens with two attached hydrogens (primary N) is 2. The fourth-order valence-corrected chi connectivity index (χ4v) is 2.65. The lowest BCUT2D eigenvalue weighted by atomic mass is 9.98. The van der Waals surface area contributed by atoms with Crippen LogP contribution in [0.2, 0.25) is 0 Å². The van der Waals surface area contributed by atoms with Crippen LogP contribution in [-0.4, -0.2) is 5.91 Å². The Morgan fingerprint density at radius 2 is 1.38 bits per heavy atom. The highest BCUT2D eigenvalue weighted by molar-refractivity contribution is 5.94.